The molecule has 1 aromatic heterocycles. The maximum Gasteiger partial charge on any atom is 0.183 e. The van der Waals surface area contributed by atoms with Gasteiger partial charge in [-0.2, -0.15) is 0 Å². The Labute approximate surface area is 101 Å². The zero-order valence-corrected chi connectivity index (χ0v) is 9.65. The van der Waals surface area contributed by atoms with E-state index in [0.717, 1.165) is 0 Å². The molecule has 0 atom stereocenters. The van der Waals surface area contributed by atoms with E-state index in [0.29, 0.717) is 5.56 Å². The topological polar surface area (TPSA) is 37.9 Å². The van der Waals surface area contributed by atoms with Crippen molar-refractivity contribution >= 4 is 12.2 Å². The summed E-state index contributed by atoms with van der Waals surface area (Å²) in [6, 6.07) is 4.12. The van der Waals surface area contributed by atoms with Crippen molar-refractivity contribution in [1.82, 2.24) is 9.97 Å². The maximum absolute atomic E-state index is 13.6. The van der Waals surface area contributed by atoms with Crippen LogP contribution in [-0.4, -0.2) is 17.1 Å². The van der Waals surface area contributed by atoms with Crippen molar-refractivity contribution in [2.45, 2.75) is 0 Å². The minimum absolute atomic E-state index is 0.0989. The van der Waals surface area contributed by atoms with Gasteiger partial charge >= 0.3 is 0 Å². The number of nitrogens with zero attached hydrogens (tertiary/aromatic N) is 1. The molecule has 2 aromatic rings. The first-order valence-corrected chi connectivity index (χ1v) is 5.11. The van der Waals surface area contributed by atoms with Gasteiger partial charge in [0, 0.05) is 5.56 Å². The summed E-state index contributed by atoms with van der Waals surface area (Å²) < 4.78 is 31.7. The Morgan fingerprint density at radius 2 is 2.12 bits per heavy atom. The van der Waals surface area contributed by atoms with Gasteiger partial charge in [0.1, 0.15) is 0 Å². The third kappa shape index (κ3) is 2.16. The number of benzene rings is 1. The Kier molecular flexibility index (Phi) is 3.14. The molecule has 0 amide bonds. The number of halogens is 2. The molecule has 0 aliphatic heterocycles. The zero-order chi connectivity index (χ0) is 12.4. The van der Waals surface area contributed by atoms with E-state index in [1.165, 1.54) is 31.6 Å². The molecule has 0 aliphatic carbocycles. The van der Waals surface area contributed by atoms with E-state index >= 15 is 0 Å². The first-order chi connectivity index (χ1) is 8.13. The van der Waals surface area contributed by atoms with Gasteiger partial charge in [-0.05, 0) is 18.2 Å². The van der Waals surface area contributed by atoms with Gasteiger partial charge in [-0.1, -0.05) is 12.2 Å². The van der Waals surface area contributed by atoms with Gasteiger partial charge in [0.15, 0.2) is 22.0 Å². The molecule has 1 aromatic carbocycles. The van der Waals surface area contributed by atoms with Crippen LogP contribution < -0.4 is 4.74 Å². The van der Waals surface area contributed by atoms with Crippen LogP contribution in [0.2, 0.25) is 0 Å². The number of H-pyrrole nitrogens is 1. The lowest BCUT2D eigenvalue weighted by atomic mass is 10.1. The predicted molar refractivity (Wildman–Crippen MR) is 61.3 cm³/mol. The van der Waals surface area contributed by atoms with E-state index in [1.807, 2.05) is 0 Å². The lowest BCUT2D eigenvalue weighted by Gasteiger charge is -2.06. The van der Waals surface area contributed by atoms with Crippen molar-refractivity contribution in [3.63, 3.8) is 0 Å². The number of rotatable bonds is 2. The number of ether oxygens (including phenoxy) is 1. The number of nitrogens with one attached hydrogen (secondary N) is 1. The van der Waals surface area contributed by atoms with Crippen LogP contribution in [0.3, 0.4) is 0 Å². The molecule has 0 saturated carbocycles. The van der Waals surface area contributed by atoms with Crippen LogP contribution in [0.25, 0.3) is 11.3 Å². The first-order valence-electron chi connectivity index (χ1n) is 4.70. The van der Waals surface area contributed by atoms with E-state index in [-0.39, 0.29) is 16.1 Å². The monoisotopic (exact) mass is 254 g/mol. The fourth-order valence-electron chi connectivity index (χ4n) is 1.41. The molecule has 1 heterocycles. The van der Waals surface area contributed by atoms with E-state index < -0.39 is 11.6 Å². The fraction of sp³-hybridized carbons (Fsp3) is 0.0909. The quantitative estimate of drug-likeness (QED) is 0.837. The second-order valence-electron chi connectivity index (χ2n) is 3.25. The maximum atomic E-state index is 13.6. The van der Waals surface area contributed by atoms with Crippen LogP contribution in [-0.2, 0) is 0 Å². The predicted octanol–water partition coefficient (Wildman–Crippen LogP) is 3.09. The van der Waals surface area contributed by atoms with Crippen molar-refractivity contribution in [3.8, 4) is 17.0 Å². The second kappa shape index (κ2) is 4.58. The van der Waals surface area contributed by atoms with Gasteiger partial charge in [0.2, 0.25) is 0 Å². The van der Waals surface area contributed by atoms with Crippen LogP contribution in [0.1, 0.15) is 0 Å². The molecule has 0 aliphatic rings. The normalized spacial score (nSPS) is 10.3. The van der Waals surface area contributed by atoms with Crippen molar-refractivity contribution in [2.75, 3.05) is 7.11 Å². The van der Waals surface area contributed by atoms with Crippen molar-refractivity contribution in [3.05, 3.63) is 40.8 Å². The molecule has 0 radical (unpaired) electrons. The molecule has 1 N–H and O–H groups in total. The van der Waals surface area contributed by atoms with E-state index in [4.69, 9.17) is 17.0 Å². The Morgan fingerprint density at radius 1 is 1.35 bits per heavy atom. The standard InChI is InChI=1S/C11H8F2N2OS/c1-16-8-3-2-6(4-7(8)12)10-9(13)11(17)15-5-14-10/h2-5H,1H3,(H,14,15,17). The van der Waals surface area contributed by atoms with Crippen LogP contribution >= 0.6 is 12.2 Å². The number of hydrogen-bond acceptors (Lipinski definition) is 3. The SMILES string of the molecule is COc1ccc(-c2[nH]cnc(=S)c2F)cc1F. The molecule has 88 valence electrons. The van der Waals surface area contributed by atoms with Gasteiger partial charge in [-0.3, -0.25) is 0 Å². The second-order valence-corrected chi connectivity index (χ2v) is 3.63. The van der Waals surface area contributed by atoms with Gasteiger partial charge in [0.05, 0.1) is 19.1 Å². The highest BCUT2D eigenvalue weighted by Crippen LogP contribution is 2.25. The molecule has 6 heteroatoms. The minimum Gasteiger partial charge on any atom is -0.494 e. The van der Waals surface area contributed by atoms with Crippen molar-refractivity contribution in [1.29, 1.82) is 0 Å². The minimum atomic E-state index is -0.674. The summed E-state index contributed by atoms with van der Waals surface area (Å²) in [6.45, 7) is 0. The van der Waals surface area contributed by atoms with Gasteiger partial charge in [-0.15, -0.1) is 0 Å². The largest absolute Gasteiger partial charge is 0.494 e. The molecule has 0 fully saturated rings. The van der Waals surface area contributed by atoms with E-state index in [9.17, 15) is 8.78 Å². The number of methoxy groups -OCH3 is 1. The summed E-state index contributed by atoms with van der Waals surface area (Å²) in [4.78, 5) is 6.19. The average Bonchev–Trinajstić information content (AvgIpc) is 2.32. The highest BCUT2D eigenvalue weighted by Gasteiger charge is 2.10. The molecule has 0 unspecified atom stereocenters. The Hall–Kier alpha value is -1.82. The lowest BCUT2D eigenvalue weighted by Crippen LogP contribution is -1.94. The van der Waals surface area contributed by atoms with Crippen LogP contribution in [0.5, 0.6) is 5.75 Å². The Bertz CT molecular complexity index is 613. The lowest BCUT2D eigenvalue weighted by molar-refractivity contribution is 0.386. The molecule has 2 rings (SSSR count). The van der Waals surface area contributed by atoms with Gasteiger partial charge in [-0.25, -0.2) is 13.8 Å². The smallest absolute Gasteiger partial charge is 0.183 e. The molecule has 17 heavy (non-hydrogen) atoms. The van der Waals surface area contributed by atoms with Crippen LogP contribution in [0, 0.1) is 16.3 Å². The summed E-state index contributed by atoms with van der Waals surface area (Å²) in [7, 11) is 1.36. The van der Waals surface area contributed by atoms with Gasteiger partial charge < -0.3 is 9.72 Å². The number of aromatic nitrogens is 2. The highest BCUT2D eigenvalue weighted by atomic mass is 32.1. The van der Waals surface area contributed by atoms with Crippen molar-refractivity contribution < 1.29 is 13.5 Å². The molecular formula is C11H8F2N2OS. The number of hydrogen-bond donors (Lipinski definition) is 1. The van der Waals surface area contributed by atoms with E-state index in [2.05, 4.69) is 9.97 Å². The fourth-order valence-corrected chi connectivity index (χ4v) is 1.57. The first kappa shape index (κ1) is 11.7. The molecular weight excluding hydrogens is 246 g/mol. The molecule has 0 bridgehead atoms. The van der Waals surface area contributed by atoms with E-state index in [1.54, 1.807) is 0 Å². The molecule has 3 nitrogen and oxygen atoms in total. The highest BCUT2D eigenvalue weighted by molar-refractivity contribution is 7.71. The average molecular weight is 254 g/mol. The third-order valence-electron chi connectivity index (χ3n) is 2.24. The zero-order valence-electron chi connectivity index (χ0n) is 8.83. The third-order valence-corrected chi connectivity index (χ3v) is 2.52. The molecule has 0 spiro atoms. The number of aromatic amines is 1. The molecule has 0 saturated heterocycles. The summed E-state index contributed by atoms with van der Waals surface area (Å²) >= 11 is 4.70. The Balaban J connectivity index is 2.58. The summed E-state index contributed by atoms with van der Waals surface area (Å²) in [6.07, 6.45) is 1.27. The summed E-state index contributed by atoms with van der Waals surface area (Å²) in [5.74, 6) is -1.14. The van der Waals surface area contributed by atoms with Gasteiger partial charge in [0.25, 0.3) is 0 Å². The van der Waals surface area contributed by atoms with Crippen LogP contribution in [0.4, 0.5) is 8.78 Å². The van der Waals surface area contributed by atoms with Crippen LogP contribution in [0.15, 0.2) is 24.5 Å². The van der Waals surface area contributed by atoms with Crippen molar-refractivity contribution in [2.24, 2.45) is 0 Å². The summed E-state index contributed by atoms with van der Waals surface area (Å²) in [5.41, 5.74) is 0.445. The summed E-state index contributed by atoms with van der Waals surface area (Å²) in [5, 5.41) is 0. The Morgan fingerprint density at radius 3 is 2.76 bits per heavy atom.